The summed E-state index contributed by atoms with van der Waals surface area (Å²) in [4.78, 5) is 4.35. The monoisotopic (exact) mass is 222 g/mol. The lowest BCUT2D eigenvalue weighted by molar-refractivity contribution is 0.420. The molecule has 0 radical (unpaired) electrons. The van der Waals surface area contributed by atoms with Crippen molar-refractivity contribution in [3.05, 3.63) is 17.8 Å². The molecule has 0 unspecified atom stereocenters. The molecule has 1 N–H and O–H groups in total. The van der Waals surface area contributed by atoms with Crippen LogP contribution in [-0.4, -0.2) is 18.1 Å². The molecule has 2 rings (SSSR count). The molecular formula is C13H22N2O. The van der Waals surface area contributed by atoms with Crippen molar-refractivity contribution in [2.45, 2.75) is 51.4 Å². The molecular weight excluding hydrogens is 200 g/mol. The molecule has 1 aromatic heterocycles. The summed E-state index contributed by atoms with van der Waals surface area (Å²) in [5.41, 5.74) is 0. The molecule has 1 saturated carbocycles. The first-order chi connectivity index (χ1) is 7.90. The van der Waals surface area contributed by atoms with Crippen LogP contribution in [0.5, 0.6) is 0 Å². The second-order valence-electron chi connectivity index (χ2n) is 4.64. The Hall–Kier alpha value is -0.830. The van der Waals surface area contributed by atoms with Crippen LogP contribution < -0.4 is 5.32 Å². The predicted molar refractivity (Wildman–Crippen MR) is 64.6 cm³/mol. The molecule has 3 nitrogen and oxygen atoms in total. The normalized spacial score (nSPS) is 17.1. The van der Waals surface area contributed by atoms with Crippen LogP contribution in [0.2, 0.25) is 0 Å². The minimum absolute atomic E-state index is 0.643. The largest absolute Gasteiger partial charge is 0.445 e. The summed E-state index contributed by atoms with van der Waals surface area (Å²) in [6.07, 6.45) is 9.28. The number of hydrogen-bond donors (Lipinski definition) is 1. The van der Waals surface area contributed by atoms with Gasteiger partial charge in [0.05, 0.1) is 6.20 Å². The lowest BCUT2D eigenvalue weighted by Crippen LogP contribution is -2.17. The van der Waals surface area contributed by atoms with Crippen molar-refractivity contribution in [3.8, 4) is 0 Å². The molecule has 0 atom stereocenters. The zero-order valence-corrected chi connectivity index (χ0v) is 10.2. The van der Waals surface area contributed by atoms with E-state index >= 15 is 0 Å². The topological polar surface area (TPSA) is 38.1 Å². The van der Waals surface area contributed by atoms with Gasteiger partial charge in [-0.3, -0.25) is 0 Å². The Bertz CT molecular complexity index is 303. The lowest BCUT2D eigenvalue weighted by atomic mass is 10.1. The van der Waals surface area contributed by atoms with E-state index in [2.05, 4.69) is 17.2 Å². The van der Waals surface area contributed by atoms with Gasteiger partial charge in [0.1, 0.15) is 5.76 Å². The molecule has 0 aromatic carbocycles. The van der Waals surface area contributed by atoms with Crippen LogP contribution >= 0.6 is 0 Å². The number of rotatable bonds is 6. The average Bonchev–Trinajstić information content (AvgIpc) is 2.94. The van der Waals surface area contributed by atoms with Crippen LogP contribution in [0.1, 0.15) is 56.6 Å². The predicted octanol–water partition coefficient (Wildman–Crippen LogP) is 2.87. The molecule has 90 valence electrons. The number of oxazole rings is 1. The van der Waals surface area contributed by atoms with E-state index in [1.807, 2.05) is 6.20 Å². The standard InChI is InChI=1S/C13H22N2O/c1-2-8-14-9-7-13-15-10-12(16-13)11-5-3-4-6-11/h10-11,14H,2-9H2,1H3. The first kappa shape index (κ1) is 11.6. The van der Waals surface area contributed by atoms with E-state index < -0.39 is 0 Å². The van der Waals surface area contributed by atoms with E-state index in [1.54, 1.807) is 0 Å². The van der Waals surface area contributed by atoms with Crippen molar-refractivity contribution in [1.82, 2.24) is 10.3 Å². The Morgan fingerprint density at radius 1 is 1.38 bits per heavy atom. The van der Waals surface area contributed by atoms with Gasteiger partial charge >= 0.3 is 0 Å². The molecule has 1 fully saturated rings. The summed E-state index contributed by atoms with van der Waals surface area (Å²) in [6.45, 7) is 4.23. The maximum absolute atomic E-state index is 5.80. The fourth-order valence-corrected chi connectivity index (χ4v) is 2.34. The van der Waals surface area contributed by atoms with Crippen LogP contribution in [0, 0.1) is 0 Å². The van der Waals surface area contributed by atoms with Crippen molar-refractivity contribution < 1.29 is 4.42 Å². The highest BCUT2D eigenvalue weighted by atomic mass is 16.4. The minimum atomic E-state index is 0.643. The fourth-order valence-electron chi connectivity index (χ4n) is 2.34. The number of nitrogens with zero attached hydrogens (tertiary/aromatic N) is 1. The average molecular weight is 222 g/mol. The second-order valence-corrected chi connectivity index (χ2v) is 4.64. The first-order valence-electron chi connectivity index (χ1n) is 6.55. The van der Waals surface area contributed by atoms with Crippen LogP contribution in [-0.2, 0) is 6.42 Å². The quantitative estimate of drug-likeness (QED) is 0.752. The van der Waals surface area contributed by atoms with Crippen LogP contribution in [0.15, 0.2) is 10.6 Å². The van der Waals surface area contributed by atoms with Crippen molar-refractivity contribution >= 4 is 0 Å². The Balaban J connectivity index is 1.77. The molecule has 1 heterocycles. The van der Waals surface area contributed by atoms with Gasteiger partial charge in [-0.2, -0.15) is 0 Å². The zero-order valence-electron chi connectivity index (χ0n) is 10.2. The van der Waals surface area contributed by atoms with E-state index in [9.17, 15) is 0 Å². The molecule has 1 aliphatic rings. The third-order valence-corrected chi connectivity index (χ3v) is 3.27. The molecule has 1 aliphatic carbocycles. The minimum Gasteiger partial charge on any atom is -0.445 e. The van der Waals surface area contributed by atoms with Crippen molar-refractivity contribution in [1.29, 1.82) is 0 Å². The summed E-state index contributed by atoms with van der Waals surface area (Å²) in [6, 6.07) is 0. The highest BCUT2D eigenvalue weighted by Gasteiger charge is 2.20. The Morgan fingerprint density at radius 3 is 2.94 bits per heavy atom. The maximum atomic E-state index is 5.80. The van der Waals surface area contributed by atoms with Gasteiger partial charge in [0.15, 0.2) is 5.89 Å². The maximum Gasteiger partial charge on any atom is 0.195 e. The molecule has 0 spiro atoms. The first-order valence-corrected chi connectivity index (χ1v) is 6.55. The fraction of sp³-hybridized carbons (Fsp3) is 0.769. The Kier molecular flexibility index (Phi) is 4.40. The van der Waals surface area contributed by atoms with Gasteiger partial charge in [0.2, 0.25) is 0 Å². The van der Waals surface area contributed by atoms with Gasteiger partial charge in [-0.15, -0.1) is 0 Å². The molecule has 0 saturated heterocycles. The summed E-state index contributed by atoms with van der Waals surface area (Å²) in [5.74, 6) is 2.65. The van der Waals surface area contributed by atoms with Crippen LogP contribution in [0.25, 0.3) is 0 Å². The third-order valence-electron chi connectivity index (χ3n) is 3.27. The molecule has 0 bridgehead atoms. The summed E-state index contributed by atoms with van der Waals surface area (Å²) >= 11 is 0. The number of aromatic nitrogens is 1. The van der Waals surface area contributed by atoms with E-state index in [-0.39, 0.29) is 0 Å². The number of nitrogens with one attached hydrogen (secondary N) is 1. The van der Waals surface area contributed by atoms with Gasteiger partial charge < -0.3 is 9.73 Å². The third kappa shape index (κ3) is 3.08. The lowest BCUT2D eigenvalue weighted by Gasteiger charge is -2.03. The molecule has 0 aliphatic heterocycles. The van der Waals surface area contributed by atoms with Gasteiger partial charge in [-0.1, -0.05) is 19.8 Å². The zero-order chi connectivity index (χ0) is 11.2. The smallest absolute Gasteiger partial charge is 0.195 e. The van der Waals surface area contributed by atoms with Gasteiger partial charge in [0, 0.05) is 18.9 Å². The van der Waals surface area contributed by atoms with Crippen molar-refractivity contribution in [2.75, 3.05) is 13.1 Å². The van der Waals surface area contributed by atoms with Crippen molar-refractivity contribution in [2.24, 2.45) is 0 Å². The molecule has 1 aromatic rings. The van der Waals surface area contributed by atoms with Gasteiger partial charge in [0.25, 0.3) is 0 Å². The van der Waals surface area contributed by atoms with E-state index in [1.165, 1.54) is 32.1 Å². The van der Waals surface area contributed by atoms with Crippen LogP contribution in [0.3, 0.4) is 0 Å². The molecule has 16 heavy (non-hydrogen) atoms. The summed E-state index contributed by atoms with van der Waals surface area (Å²) < 4.78 is 5.80. The van der Waals surface area contributed by atoms with E-state index in [4.69, 9.17) is 4.42 Å². The Labute approximate surface area is 97.6 Å². The van der Waals surface area contributed by atoms with Gasteiger partial charge in [-0.05, 0) is 25.8 Å². The highest BCUT2D eigenvalue weighted by Crippen LogP contribution is 2.34. The van der Waals surface area contributed by atoms with Crippen LogP contribution in [0.4, 0.5) is 0 Å². The summed E-state index contributed by atoms with van der Waals surface area (Å²) in [7, 11) is 0. The van der Waals surface area contributed by atoms with E-state index in [0.29, 0.717) is 5.92 Å². The van der Waals surface area contributed by atoms with E-state index in [0.717, 1.165) is 31.2 Å². The highest BCUT2D eigenvalue weighted by molar-refractivity contribution is 5.03. The molecule has 0 amide bonds. The molecule has 3 heteroatoms. The van der Waals surface area contributed by atoms with Crippen molar-refractivity contribution in [3.63, 3.8) is 0 Å². The second kappa shape index (κ2) is 6.04. The summed E-state index contributed by atoms with van der Waals surface area (Å²) in [5, 5.41) is 3.36. The van der Waals surface area contributed by atoms with Gasteiger partial charge in [-0.25, -0.2) is 4.98 Å². The number of hydrogen-bond acceptors (Lipinski definition) is 3. The Morgan fingerprint density at radius 2 is 2.19 bits per heavy atom. The SMILES string of the molecule is CCCNCCc1ncc(C2CCCC2)o1.